The maximum Gasteiger partial charge on any atom is 0.226 e. The molecule has 3 N–H and O–H groups in total. The number of nitrogens with one attached hydrogen (secondary N) is 1. The molecule has 1 amide bonds. The van der Waals surface area contributed by atoms with Gasteiger partial charge >= 0.3 is 0 Å². The van der Waals surface area contributed by atoms with E-state index in [4.69, 9.17) is 10.5 Å². The first kappa shape index (κ1) is 17.4. The molecule has 0 radical (unpaired) electrons. The van der Waals surface area contributed by atoms with E-state index < -0.39 is 0 Å². The molecule has 0 saturated carbocycles. The average Bonchev–Trinajstić information content (AvgIpc) is 2.96. The summed E-state index contributed by atoms with van der Waals surface area (Å²) in [7, 11) is 0. The Morgan fingerprint density at radius 2 is 2.17 bits per heavy atom. The van der Waals surface area contributed by atoms with E-state index in [1.165, 1.54) is 16.9 Å². The molecule has 0 atom stereocenters. The zero-order valence-corrected chi connectivity index (χ0v) is 14.3. The molecule has 1 aromatic heterocycles. The average molecular weight is 334 g/mol. The Kier molecular flexibility index (Phi) is 6.49. The summed E-state index contributed by atoms with van der Waals surface area (Å²) < 4.78 is 5.80. The van der Waals surface area contributed by atoms with Gasteiger partial charge in [-0.1, -0.05) is 23.5 Å². The van der Waals surface area contributed by atoms with Crippen LogP contribution >= 0.6 is 11.3 Å². The summed E-state index contributed by atoms with van der Waals surface area (Å²) in [6.45, 7) is 5.09. The Labute approximate surface area is 140 Å². The summed E-state index contributed by atoms with van der Waals surface area (Å²) in [6, 6.07) is 6.13. The van der Waals surface area contributed by atoms with Gasteiger partial charge in [0.15, 0.2) is 0 Å². The number of amides is 1. The highest BCUT2D eigenvalue weighted by molar-refractivity contribution is 7.15. The predicted octanol–water partition coefficient (Wildman–Crippen LogP) is 2.45. The molecule has 7 heteroatoms. The van der Waals surface area contributed by atoms with Crippen molar-refractivity contribution in [3.63, 3.8) is 0 Å². The van der Waals surface area contributed by atoms with Crippen LogP contribution in [0.4, 0.5) is 5.13 Å². The van der Waals surface area contributed by atoms with E-state index >= 15 is 0 Å². The topological polar surface area (TPSA) is 90.1 Å². The van der Waals surface area contributed by atoms with Crippen molar-refractivity contribution in [2.75, 3.05) is 18.5 Å². The second kappa shape index (κ2) is 8.59. The van der Waals surface area contributed by atoms with Crippen molar-refractivity contribution in [1.82, 2.24) is 10.2 Å². The minimum atomic E-state index is -0.0789. The van der Waals surface area contributed by atoms with Crippen molar-refractivity contribution in [3.8, 4) is 5.75 Å². The molecule has 23 heavy (non-hydrogen) atoms. The molecule has 2 aromatic rings. The van der Waals surface area contributed by atoms with Crippen LogP contribution in [0.1, 0.15) is 29.0 Å². The van der Waals surface area contributed by atoms with Gasteiger partial charge in [-0.2, -0.15) is 0 Å². The highest BCUT2D eigenvalue weighted by Gasteiger charge is 2.08. The molecular weight excluding hydrogens is 312 g/mol. The molecule has 1 aromatic carbocycles. The standard InChI is InChI=1S/C16H22N4O2S/c1-11-5-6-12(2)13(10-11)22-9-7-15-19-20-16(23-15)18-14(21)4-3-8-17/h5-6,10H,3-4,7-9,17H2,1-2H3,(H,18,20,21). The number of nitrogens with zero attached hydrogens (tertiary/aromatic N) is 2. The first-order valence-electron chi connectivity index (χ1n) is 7.61. The number of carbonyl (C=O) groups is 1. The quantitative estimate of drug-likeness (QED) is 0.774. The molecule has 0 aliphatic carbocycles. The minimum Gasteiger partial charge on any atom is -0.493 e. The van der Waals surface area contributed by atoms with Gasteiger partial charge in [0, 0.05) is 12.8 Å². The van der Waals surface area contributed by atoms with Gasteiger partial charge in [-0.25, -0.2) is 0 Å². The van der Waals surface area contributed by atoms with Crippen molar-refractivity contribution >= 4 is 22.4 Å². The number of hydrogen-bond donors (Lipinski definition) is 2. The molecule has 0 aliphatic heterocycles. The third-order valence-electron chi connectivity index (χ3n) is 3.24. The van der Waals surface area contributed by atoms with E-state index in [0.29, 0.717) is 37.5 Å². The number of aromatic nitrogens is 2. The summed E-state index contributed by atoms with van der Waals surface area (Å²) in [4.78, 5) is 11.6. The second-order valence-corrected chi connectivity index (χ2v) is 6.37. The lowest BCUT2D eigenvalue weighted by atomic mass is 10.1. The molecule has 124 valence electrons. The van der Waals surface area contributed by atoms with E-state index in [2.05, 4.69) is 21.6 Å². The first-order valence-corrected chi connectivity index (χ1v) is 8.42. The Morgan fingerprint density at radius 1 is 1.35 bits per heavy atom. The summed E-state index contributed by atoms with van der Waals surface area (Å²) in [6.07, 6.45) is 1.73. The highest BCUT2D eigenvalue weighted by Crippen LogP contribution is 2.20. The van der Waals surface area contributed by atoms with E-state index in [9.17, 15) is 4.79 Å². The number of benzene rings is 1. The Balaban J connectivity index is 1.80. The van der Waals surface area contributed by atoms with Crippen LogP contribution in [0.2, 0.25) is 0 Å². The van der Waals surface area contributed by atoms with Crippen LogP contribution in [0.25, 0.3) is 0 Å². The number of aryl methyl sites for hydroxylation is 2. The van der Waals surface area contributed by atoms with Crippen molar-refractivity contribution in [1.29, 1.82) is 0 Å². The Bertz CT molecular complexity index is 657. The maximum absolute atomic E-state index is 11.6. The fraction of sp³-hybridized carbons (Fsp3) is 0.438. The summed E-state index contributed by atoms with van der Waals surface area (Å²) in [5, 5.41) is 12.1. The lowest BCUT2D eigenvalue weighted by Gasteiger charge is -2.08. The van der Waals surface area contributed by atoms with Gasteiger partial charge in [0.05, 0.1) is 6.61 Å². The number of nitrogens with two attached hydrogens (primary N) is 1. The van der Waals surface area contributed by atoms with Crippen molar-refractivity contribution in [2.45, 2.75) is 33.1 Å². The largest absolute Gasteiger partial charge is 0.493 e. The number of hydrogen-bond acceptors (Lipinski definition) is 6. The lowest BCUT2D eigenvalue weighted by molar-refractivity contribution is -0.116. The van der Waals surface area contributed by atoms with E-state index in [-0.39, 0.29) is 5.91 Å². The number of anilines is 1. The number of ether oxygens (including phenoxy) is 1. The van der Waals surface area contributed by atoms with Gasteiger partial charge in [-0.05, 0) is 44.0 Å². The Hall–Kier alpha value is -1.99. The van der Waals surface area contributed by atoms with E-state index in [0.717, 1.165) is 16.3 Å². The molecule has 0 saturated heterocycles. The smallest absolute Gasteiger partial charge is 0.226 e. The molecule has 2 rings (SSSR count). The third-order valence-corrected chi connectivity index (χ3v) is 4.14. The Morgan fingerprint density at radius 3 is 2.96 bits per heavy atom. The van der Waals surface area contributed by atoms with Gasteiger partial charge in [-0.15, -0.1) is 10.2 Å². The van der Waals surface area contributed by atoms with Crippen molar-refractivity contribution in [2.24, 2.45) is 5.73 Å². The van der Waals surface area contributed by atoms with Gasteiger partial charge in [0.25, 0.3) is 0 Å². The fourth-order valence-electron chi connectivity index (χ4n) is 1.96. The third kappa shape index (κ3) is 5.61. The molecule has 1 heterocycles. The highest BCUT2D eigenvalue weighted by atomic mass is 32.1. The van der Waals surface area contributed by atoms with E-state index in [1.54, 1.807) is 0 Å². The molecule has 0 unspecified atom stereocenters. The van der Waals surface area contributed by atoms with Crippen molar-refractivity contribution in [3.05, 3.63) is 34.3 Å². The molecule has 0 aliphatic rings. The minimum absolute atomic E-state index is 0.0789. The SMILES string of the molecule is Cc1ccc(C)c(OCCc2nnc(NC(=O)CCCN)s2)c1. The molecule has 0 fully saturated rings. The molecule has 0 spiro atoms. The predicted molar refractivity (Wildman–Crippen MR) is 91.9 cm³/mol. The van der Waals surface area contributed by atoms with Crippen LogP contribution in [0.5, 0.6) is 5.75 Å². The van der Waals surface area contributed by atoms with Crippen LogP contribution in [0.15, 0.2) is 18.2 Å². The van der Waals surface area contributed by atoms with Crippen LogP contribution in [-0.2, 0) is 11.2 Å². The zero-order chi connectivity index (χ0) is 16.7. The molecule has 6 nitrogen and oxygen atoms in total. The fourth-order valence-corrected chi connectivity index (χ4v) is 2.70. The van der Waals surface area contributed by atoms with Gasteiger partial charge < -0.3 is 15.8 Å². The first-order chi connectivity index (χ1) is 11.1. The lowest BCUT2D eigenvalue weighted by Crippen LogP contribution is -2.13. The van der Waals surface area contributed by atoms with Crippen LogP contribution < -0.4 is 15.8 Å². The van der Waals surface area contributed by atoms with Crippen LogP contribution in [0, 0.1) is 13.8 Å². The second-order valence-electron chi connectivity index (χ2n) is 5.31. The summed E-state index contributed by atoms with van der Waals surface area (Å²) in [5.74, 6) is 0.814. The van der Waals surface area contributed by atoms with E-state index in [1.807, 2.05) is 26.0 Å². The summed E-state index contributed by atoms with van der Waals surface area (Å²) >= 11 is 1.37. The van der Waals surface area contributed by atoms with Gasteiger partial charge in [0.1, 0.15) is 10.8 Å². The van der Waals surface area contributed by atoms with Crippen LogP contribution in [-0.4, -0.2) is 29.3 Å². The normalized spacial score (nSPS) is 10.6. The summed E-state index contributed by atoms with van der Waals surface area (Å²) in [5.41, 5.74) is 7.66. The van der Waals surface area contributed by atoms with Gasteiger partial charge in [0.2, 0.25) is 11.0 Å². The van der Waals surface area contributed by atoms with Gasteiger partial charge in [-0.3, -0.25) is 4.79 Å². The number of carbonyl (C=O) groups excluding carboxylic acids is 1. The maximum atomic E-state index is 11.6. The van der Waals surface area contributed by atoms with Crippen LogP contribution in [0.3, 0.4) is 0 Å². The zero-order valence-electron chi connectivity index (χ0n) is 13.5. The molecular formula is C16H22N4O2S. The van der Waals surface area contributed by atoms with Crippen molar-refractivity contribution < 1.29 is 9.53 Å². The molecule has 0 bridgehead atoms. The number of rotatable bonds is 8. The monoisotopic (exact) mass is 334 g/mol.